The second kappa shape index (κ2) is 4.71. The molecule has 0 radical (unpaired) electrons. The Morgan fingerprint density at radius 3 is 1.76 bits per heavy atom. The Morgan fingerprint density at radius 1 is 1.00 bits per heavy atom. The summed E-state index contributed by atoms with van der Waals surface area (Å²) in [7, 11) is 0. The quantitative estimate of drug-likeness (QED) is 0.848. The van der Waals surface area contributed by atoms with Crippen molar-refractivity contribution in [1.29, 1.82) is 0 Å². The zero-order chi connectivity index (χ0) is 12.3. The van der Waals surface area contributed by atoms with Gasteiger partial charge in [-0.25, -0.2) is 9.97 Å². The van der Waals surface area contributed by atoms with Crippen LogP contribution >= 0.6 is 0 Å². The molecular formula is C12H19N5. The second-order valence-corrected chi connectivity index (χ2v) is 5.10. The van der Waals surface area contributed by atoms with Crippen molar-refractivity contribution in [2.75, 3.05) is 0 Å². The molecule has 2 rings (SSSR count). The third-order valence-electron chi connectivity index (χ3n) is 2.74. The number of H-pyrrole nitrogens is 2. The van der Waals surface area contributed by atoms with E-state index in [0.717, 1.165) is 24.7 Å². The van der Waals surface area contributed by atoms with Gasteiger partial charge in [-0.3, -0.25) is 4.90 Å². The topological polar surface area (TPSA) is 60.6 Å². The molecule has 2 aromatic rings. The molecule has 2 N–H and O–H groups in total. The maximum Gasteiger partial charge on any atom is 0.120 e. The van der Waals surface area contributed by atoms with Crippen molar-refractivity contribution in [3.05, 3.63) is 36.4 Å². The highest BCUT2D eigenvalue weighted by atomic mass is 15.2. The predicted octanol–water partition coefficient (Wildman–Crippen LogP) is 1.93. The minimum atomic E-state index is 0.0690. The van der Waals surface area contributed by atoms with Crippen LogP contribution in [0, 0.1) is 0 Å². The summed E-state index contributed by atoms with van der Waals surface area (Å²) in [6.07, 6.45) is 7.26. The molecule has 0 fully saturated rings. The second-order valence-electron chi connectivity index (χ2n) is 5.10. The van der Waals surface area contributed by atoms with Gasteiger partial charge >= 0.3 is 0 Å². The van der Waals surface area contributed by atoms with Crippen LogP contribution in [0.25, 0.3) is 0 Å². The number of rotatable bonds is 4. The van der Waals surface area contributed by atoms with E-state index >= 15 is 0 Å². The first-order valence-electron chi connectivity index (χ1n) is 5.77. The lowest BCUT2D eigenvalue weighted by Gasteiger charge is -2.34. The highest BCUT2D eigenvalue weighted by molar-refractivity contribution is 4.93. The molecule has 0 spiro atoms. The summed E-state index contributed by atoms with van der Waals surface area (Å²) in [5, 5.41) is 0. The molecule has 0 saturated heterocycles. The van der Waals surface area contributed by atoms with E-state index in [0.29, 0.717) is 0 Å². The molecule has 0 aliphatic carbocycles. The first-order valence-corrected chi connectivity index (χ1v) is 5.77. The SMILES string of the molecule is CC(C)(C)N(Cc1ncc[nH]1)Cc1ncc[nH]1. The molecule has 5 nitrogen and oxygen atoms in total. The number of hydrogen-bond donors (Lipinski definition) is 2. The van der Waals surface area contributed by atoms with Crippen LogP contribution in [0.3, 0.4) is 0 Å². The maximum absolute atomic E-state index is 4.27. The third kappa shape index (κ3) is 3.17. The van der Waals surface area contributed by atoms with E-state index in [2.05, 4.69) is 45.6 Å². The zero-order valence-corrected chi connectivity index (χ0v) is 10.6. The molecule has 0 aromatic carbocycles. The van der Waals surface area contributed by atoms with Crippen molar-refractivity contribution in [2.45, 2.75) is 39.4 Å². The van der Waals surface area contributed by atoms with Gasteiger partial charge in [0.2, 0.25) is 0 Å². The molecular weight excluding hydrogens is 214 g/mol. The Bertz CT molecular complexity index is 388. The van der Waals surface area contributed by atoms with Crippen molar-refractivity contribution in [3.63, 3.8) is 0 Å². The maximum atomic E-state index is 4.27. The van der Waals surface area contributed by atoms with Crippen LogP contribution in [-0.4, -0.2) is 30.4 Å². The lowest BCUT2D eigenvalue weighted by atomic mass is 10.1. The van der Waals surface area contributed by atoms with Gasteiger partial charge in [-0.2, -0.15) is 0 Å². The van der Waals surface area contributed by atoms with Crippen LogP contribution in [0.4, 0.5) is 0 Å². The fourth-order valence-corrected chi connectivity index (χ4v) is 1.66. The molecule has 0 amide bonds. The number of hydrogen-bond acceptors (Lipinski definition) is 3. The van der Waals surface area contributed by atoms with Gasteiger partial charge in [0.25, 0.3) is 0 Å². The van der Waals surface area contributed by atoms with Gasteiger partial charge in [0.05, 0.1) is 13.1 Å². The summed E-state index contributed by atoms with van der Waals surface area (Å²) in [4.78, 5) is 17.1. The number of aromatic amines is 2. The van der Waals surface area contributed by atoms with E-state index in [4.69, 9.17) is 0 Å². The van der Waals surface area contributed by atoms with Crippen LogP contribution in [-0.2, 0) is 13.1 Å². The highest BCUT2D eigenvalue weighted by Crippen LogP contribution is 2.18. The fraction of sp³-hybridized carbons (Fsp3) is 0.500. The molecule has 92 valence electrons. The van der Waals surface area contributed by atoms with Gasteiger partial charge in [0, 0.05) is 30.3 Å². The summed E-state index contributed by atoms with van der Waals surface area (Å²) in [5.41, 5.74) is 0.0690. The van der Waals surface area contributed by atoms with E-state index in [9.17, 15) is 0 Å². The number of imidazole rings is 2. The smallest absolute Gasteiger partial charge is 0.120 e. The average Bonchev–Trinajstić information content (AvgIpc) is 2.87. The van der Waals surface area contributed by atoms with Crippen molar-refractivity contribution < 1.29 is 0 Å². The van der Waals surface area contributed by atoms with Crippen molar-refractivity contribution in [3.8, 4) is 0 Å². The average molecular weight is 233 g/mol. The normalized spacial score (nSPS) is 12.2. The van der Waals surface area contributed by atoms with Crippen molar-refractivity contribution >= 4 is 0 Å². The summed E-state index contributed by atoms with van der Waals surface area (Å²) < 4.78 is 0. The highest BCUT2D eigenvalue weighted by Gasteiger charge is 2.23. The van der Waals surface area contributed by atoms with E-state index in [-0.39, 0.29) is 5.54 Å². The zero-order valence-electron chi connectivity index (χ0n) is 10.6. The Labute approximate surface area is 101 Å². The number of nitrogens with zero attached hydrogens (tertiary/aromatic N) is 3. The summed E-state index contributed by atoms with van der Waals surface area (Å²) in [6, 6.07) is 0. The molecule has 0 aliphatic rings. The van der Waals surface area contributed by atoms with Gasteiger partial charge in [-0.05, 0) is 20.8 Å². The van der Waals surface area contributed by atoms with E-state index in [1.165, 1.54) is 0 Å². The largest absolute Gasteiger partial charge is 0.348 e. The Morgan fingerprint density at radius 2 is 1.47 bits per heavy atom. The van der Waals surface area contributed by atoms with Gasteiger partial charge in [-0.1, -0.05) is 0 Å². The van der Waals surface area contributed by atoms with Gasteiger partial charge in [-0.15, -0.1) is 0 Å². The first kappa shape index (κ1) is 11.9. The summed E-state index contributed by atoms with van der Waals surface area (Å²) in [6.45, 7) is 8.16. The minimum absolute atomic E-state index is 0.0690. The molecule has 2 aromatic heterocycles. The summed E-state index contributed by atoms with van der Waals surface area (Å²) in [5.74, 6) is 1.96. The summed E-state index contributed by atoms with van der Waals surface area (Å²) >= 11 is 0. The first-order chi connectivity index (χ1) is 8.05. The lowest BCUT2D eigenvalue weighted by molar-refractivity contribution is 0.112. The monoisotopic (exact) mass is 233 g/mol. The van der Waals surface area contributed by atoms with Gasteiger partial charge in [0.1, 0.15) is 11.6 Å². The Hall–Kier alpha value is -1.62. The van der Waals surface area contributed by atoms with Crippen molar-refractivity contribution in [1.82, 2.24) is 24.8 Å². The lowest BCUT2D eigenvalue weighted by Crippen LogP contribution is -2.40. The molecule has 0 saturated carbocycles. The Balaban J connectivity index is 2.09. The minimum Gasteiger partial charge on any atom is -0.348 e. The molecule has 0 aliphatic heterocycles. The fourth-order valence-electron chi connectivity index (χ4n) is 1.66. The molecule has 0 unspecified atom stereocenters. The van der Waals surface area contributed by atoms with E-state index in [1.54, 1.807) is 12.4 Å². The van der Waals surface area contributed by atoms with Crippen LogP contribution in [0.15, 0.2) is 24.8 Å². The standard InChI is InChI=1S/C12H19N5/c1-12(2,3)17(8-10-13-4-5-14-10)9-11-15-6-7-16-11/h4-7H,8-9H2,1-3H3,(H,13,14)(H,15,16). The third-order valence-corrected chi connectivity index (χ3v) is 2.74. The van der Waals surface area contributed by atoms with Crippen LogP contribution in [0.2, 0.25) is 0 Å². The van der Waals surface area contributed by atoms with Crippen LogP contribution in [0.5, 0.6) is 0 Å². The van der Waals surface area contributed by atoms with Crippen LogP contribution in [0.1, 0.15) is 32.4 Å². The molecule has 5 heteroatoms. The number of aromatic nitrogens is 4. The van der Waals surface area contributed by atoms with Crippen molar-refractivity contribution in [2.24, 2.45) is 0 Å². The van der Waals surface area contributed by atoms with Crippen LogP contribution < -0.4 is 0 Å². The Kier molecular flexibility index (Phi) is 3.28. The molecule has 2 heterocycles. The van der Waals surface area contributed by atoms with Gasteiger partial charge in [0.15, 0.2) is 0 Å². The van der Waals surface area contributed by atoms with E-state index < -0.39 is 0 Å². The predicted molar refractivity (Wildman–Crippen MR) is 66.2 cm³/mol. The van der Waals surface area contributed by atoms with Gasteiger partial charge < -0.3 is 9.97 Å². The number of nitrogens with one attached hydrogen (secondary N) is 2. The molecule has 0 bridgehead atoms. The van der Waals surface area contributed by atoms with E-state index in [1.807, 2.05) is 12.4 Å². The molecule has 0 atom stereocenters. The molecule has 17 heavy (non-hydrogen) atoms.